The van der Waals surface area contributed by atoms with Crippen molar-refractivity contribution in [2.24, 2.45) is 5.92 Å². The largest absolute Gasteiger partial charge is 0.497 e. The number of methoxy groups -OCH3 is 2. The minimum Gasteiger partial charge on any atom is -0.497 e. The summed E-state index contributed by atoms with van der Waals surface area (Å²) >= 11 is 0. The van der Waals surface area contributed by atoms with Gasteiger partial charge in [-0.25, -0.2) is 0 Å². The summed E-state index contributed by atoms with van der Waals surface area (Å²) < 4.78 is 10.4. The van der Waals surface area contributed by atoms with Crippen molar-refractivity contribution >= 4 is 11.9 Å². The third-order valence-corrected chi connectivity index (χ3v) is 4.17. The summed E-state index contributed by atoms with van der Waals surface area (Å²) in [6, 6.07) is 5.13. The van der Waals surface area contributed by atoms with Crippen LogP contribution >= 0.6 is 0 Å². The first-order valence-electron chi connectivity index (χ1n) is 7.77. The van der Waals surface area contributed by atoms with Crippen LogP contribution in [0.1, 0.15) is 36.0 Å². The minimum absolute atomic E-state index is 0.0674. The summed E-state index contributed by atoms with van der Waals surface area (Å²) in [6.07, 6.45) is 2.63. The number of nitrogens with zero attached hydrogens (tertiary/aromatic N) is 1. The molecular weight excluding hydrogens is 298 g/mol. The predicted octanol–water partition coefficient (Wildman–Crippen LogP) is 2.42. The molecule has 1 atom stereocenters. The topological polar surface area (TPSA) is 76.1 Å². The van der Waals surface area contributed by atoms with Gasteiger partial charge in [-0.1, -0.05) is 0 Å². The van der Waals surface area contributed by atoms with Crippen molar-refractivity contribution in [3.8, 4) is 11.5 Å². The van der Waals surface area contributed by atoms with Crippen molar-refractivity contribution < 1.29 is 24.2 Å². The second kappa shape index (κ2) is 7.85. The molecule has 1 heterocycles. The highest BCUT2D eigenvalue weighted by Gasteiger charge is 2.25. The van der Waals surface area contributed by atoms with Crippen molar-refractivity contribution in [2.45, 2.75) is 25.7 Å². The van der Waals surface area contributed by atoms with E-state index in [0.717, 1.165) is 12.8 Å². The molecule has 0 spiro atoms. The van der Waals surface area contributed by atoms with Crippen LogP contribution in [0.5, 0.6) is 11.5 Å². The van der Waals surface area contributed by atoms with Gasteiger partial charge in [-0.05, 0) is 37.3 Å². The molecule has 6 heteroatoms. The van der Waals surface area contributed by atoms with Crippen LogP contribution in [-0.4, -0.2) is 49.2 Å². The smallest absolute Gasteiger partial charge is 0.303 e. The van der Waals surface area contributed by atoms with Crippen LogP contribution in [0, 0.1) is 5.92 Å². The summed E-state index contributed by atoms with van der Waals surface area (Å²) in [5, 5.41) is 8.80. The first-order chi connectivity index (χ1) is 11.0. The maximum absolute atomic E-state index is 12.7. The van der Waals surface area contributed by atoms with Gasteiger partial charge in [0.15, 0.2) is 0 Å². The van der Waals surface area contributed by atoms with Crippen molar-refractivity contribution in [1.82, 2.24) is 4.90 Å². The average Bonchev–Trinajstić information content (AvgIpc) is 2.59. The van der Waals surface area contributed by atoms with Crippen molar-refractivity contribution in [3.05, 3.63) is 23.8 Å². The van der Waals surface area contributed by atoms with Crippen LogP contribution in [0.3, 0.4) is 0 Å². The second-order valence-electron chi connectivity index (χ2n) is 5.79. The number of benzene rings is 1. The van der Waals surface area contributed by atoms with Gasteiger partial charge >= 0.3 is 5.97 Å². The second-order valence-corrected chi connectivity index (χ2v) is 5.79. The molecule has 0 saturated carbocycles. The van der Waals surface area contributed by atoms with Gasteiger partial charge in [0, 0.05) is 31.1 Å². The summed E-state index contributed by atoms with van der Waals surface area (Å²) in [6.45, 7) is 1.30. The zero-order chi connectivity index (χ0) is 16.8. The third-order valence-electron chi connectivity index (χ3n) is 4.17. The zero-order valence-corrected chi connectivity index (χ0v) is 13.6. The fourth-order valence-corrected chi connectivity index (χ4v) is 2.93. The van der Waals surface area contributed by atoms with E-state index in [4.69, 9.17) is 14.6 Å². The van der Waals surface area contributed by atoms with E-state index in [2.05, 4.69) is 0 Å². The highest BCUT2D eigenvalue weighted by Crippen LogP contribution is 2.26. The molecule has 0 aliphatic carbocycles. The summed E-state index contributed by atoms with van der Waals surface area (Å²) in [5.74, 6) is 0.545. The number of ether oxygens (including phenoxy) is 2. The molecule has 23 heavy (non-hydrogen) atoms. The van der Waals surface area contributed by atoms with Gasteiger partial charge in [0.1, 0.15) is 11.5 Å². The number of aliphatic carboxylic acids is 1. The molecule has 1 amide bonds. The molecular formula is C17H23NO5. The molecule has 0 aromatic heterocycles. The number of rotatable bonds is 6. The first-order valence-corrected chi connectivity index (χ1v) is 7.77. The molecule has 0 radical (unpaired) electrons. The van der Waals surface area contributed by atoms with E-state index in [0.29, 0.717) is 36.6 Å². The Morgan fingerprint density at radius 3 is 2.43 bits per heavy atom. The molecule has 126 valence electrons. The SMILES string of the molecule is COc1cc(OC)cc(C(=O)N2CCCC(CCC(=O)O)C2)c1. The lowest BCUT2D eigenvalue weighted by Crippen LogP contribution is -2.40. The van der Waals surface area contributed by atoms with Gasteiger partial charge in [-0.2, -0.15) is 0 Å². The highest BCUT2D eigenvalue weighted by molar-refractivity contribution is 5.95. The Bertz CT molecular complexity index is 550. The Kier molecular flexibility index (Phi) is 5.84. The number of carboxylic acid groups (broad SMARTS) is 1. The van der Waals surface area contributed by atoms with Crippen LogP contribution in [0.25, 0.3) is 0 Å². The first kappa shape index (κ1) is 17.1. The van der Waals surface area contributed by atoms with Crippen molar-refractivity contribution in [1.29, 1.82) is 0 Å². The van der Waals surface area contributed by atoms with E-state index in [1.54, 1.807) is 37.3 Å². The van der Waals surface area contributed by atoms with Crippen molar-refractivity contribution in [3.63, 3.8) is 0 Å². The quantitative estimate of drug-likeness (QED) is 0.871. The molecule has 1 aliphatic heterocycles. The summed E-state index contributed by atoms with van der Waals surface area (Å²) in [4.78, 5) is 25.2. The maximum atomic E-state index is 12.7. The Hall–Kier alpha value is -2.24. The van der Waals surface area contributed by atoms with Crippen molar-refractivity contribution in [2.75, 3.05) is 27.3 Å². The van der Waals surface area contributed by atoms with E-state index < -0.39 is 5.97 Å². The van der Waals surface area contributed by atoms with Crippen LogP contribution in [0.15, 0.2) is 18.2 Å². The van der Waals surface area contributed by atoms with Crippen LogP contribution in [0.2, 0.25) is 0 Å². The molecule has 6 nitrogen and oxygen atoms in total. The van der Waals surface area contributed by atoms with Gasteiger partial charge in [0.25, 0.3) is 5.91 Å². The number of carboxylic acids is 1. The summed E-state index contributed by atoms with van der Waals surface area (Å²) in [5.41, 5.74) is 0.528. The third kappa shape index (κ3) is 4.61. The van der Waals surface area contributed by atoms with Gasteiger partial charge in [-0.3, -0.25) is 9.59 Å². The molecule has 1 aromatic carbocycles. The average molecular weight is 321 g/mol. The standard InChI is InChI=1S/C17H23NO5/c1-22-14-8-13(9-15(10-14)23-2)17(21)18-7-3-4-12(11-18)5-6-16(19)20/h8-10,12H,3-7,11H2,1-2H3,(H,19,20). The Balaban J connectivity index is 2.08. The van der Waals surface area contributed by atoms with E-state index in [1.165, 1.54) is 0 Å². The Morgan fingerprint density at radius 2 is 1.87 bits per heavy atom. The lowest BCUT2D eigenvalue weighted by molar-refractivity contribution is -0.137. The van der Waals surface area contributed by atoms with Crippen LogP contribution in [-0.2, 0) is 4.79 Å². The molecule has 1 aliphatic rings. The molecule has 0 bridgehead atoms. The lowest BCUT2D eigenvalue weighted by atomic mass is 9.93. The van der Waals surface area contributed by atoms with Crippen LogP contribution < -0.4 is 9.47 Å². The fourth-order valence-electron chi connectivity index (χ4n) is 2.93. The van der Waals surface area contributed by atoms with Gasteiger partial charge < -0.3 is 19.5 Å². The Morgan fingerprint density at radius 1 is 1.22 bits per heavy atom. The molecule has 1 aromatic rings. The van der Waals surface area contributed by atoms with Gasteiger partial charge in [0.05, 0.1) is 14.2 Å². The number of carbonyl (C=O) groups excluding carboxylic acids is 1. The Labute approximate surface area is 136 Å². The normalized spacial score (nSPS) is 17.7. The summed E-state index contributed by atoms with van der Waals surface area (Å²) in [7, 11) is 3.09. The number of hydrogen-bond acceptors (Lipinski definition) is 4. The molecule has 1 saturated heterocycles. The van der Waals surface area contributed by atoms with Crippen LogP contribution in [0.4, 0.5) is 0 Å². The zero-order valence-electron chi connectivity index (χ0n) is 13.6. The number of piperidine rings is 1. The van der Waals surface area contributed by atoms with E-state index in [-0.39, 0.29) is 18.2 Å². The van der Waals surface area contributed by atoms with E-state index in [9.17, 15) is 9.59 Å². The highest BCUT2D eigenvalue weighted by atomic mass is 16.5. The number of carbonyl (C=O) groups is 2. The fraction of sp³-hybridized carbons (Fsp3) is 0.529. The monoisotopic (exact) mass is 321 g/mol. The maximum Gasteiger partial charge on any atom is 0.303 e. The van der Waals surface area contributed by atoms with Gasteiger partial charge in [0.2, 0.25) is 0 Å². The minimum atomic E-state index is -0.786. The number of hydrogen-bond donors (Lipinski definition) is 1. The van der Waals surface area contributed by atoms with E-state index in [1.807, 2.05) is 0 Å². The molecule has 2 rings (SSSR count). The van der Waals surface area contributed by atoms with E-state index >= 15 is 0 Å². The molecule has 1 N–H and O–H groups in total. The number of likely N-dealkylation sites (tertiary alicyclic amines) is 1. The number of amides is 1. The molecule has 1 unspecified atom stereocenters. The molecule has 1 fully saturated rings. The lowest BCUT2D eigenvalue weighted by Gasteiger charge is -2.32. The predicted molar refractivity (Wildman–Crippen MR) is 85.0 cm³/mol. The van der Waals surface area contributed by atoms with Gasteiger partial charge in [-0.15, -0.1) is 0 Å².